The van der Waals surface area contributed by atoms with Crippen LogP contribution in [0.5, 0.6) is 0 Å². The van der Waals surface area contributed by atoms with Gasteiger partial charge in [0, 0.05) is 36.3 Å². The van der Waals surface area contributed by atoms with Crippen molar-refractivity contribution < 1.29 is 9.53 Å². The van der Waals surface area contributed by atoms with Gasteiger partial charge < -0.3 is 26.4 Å². The van der Waals surface area contributed by atoms with Gasteiger partial charge in [-0.3, -0.25) is 0 Å². The van der Waals surface area contributed by atoms with Crippen LogP contribution in [0.15, 0.2) is 60.8 Å². The average molecular weight is 423 g/mol. The Bertz CT molecular complexity index is 926. The number of carbonyl (C=O) groups excluding carboxylic acids is 1. The number of rotatable bonds is 5. The maximum atomic E-state index is 12.4. The first-order chi connectivity index (χ1) is 14.6. The summed E-state index contributed by atoms with van der Waals surface area (Å²) in [5.41, 5.74) is 16.2. The van der Waals surface area contributed by atoms with Gasteiger partial charge in [0.15, 0.2) is 0 Å². The molecular formula is C25H34N4O2. The predicted molar refractivity (Wildman–Crippen MR) is 128 cm³/mol. The van der Waals surface area contributed by atoms with Gasteiger partial charge in [0.1, 0.15) is 5.60 Å². The number of hydrogen-bond acceptors (Lipinski definition) is 5. The zero-order valence-electron chi connectivity index (χ0n) is 18.8. The minimum absolute atomic E-state index is 0.281. The van der Waals surface area contributed by atoms with Crippen molar-refractivity contribution in [2.45, 2.75) is 39.2 Å². The number of benzene rings is 2. The Labute approximate surface area is 185 Å². The maximum absolute atomic E-state index is 12.4. The number of ether oxygens (including phenoxy) is 1. The number of nitrogen functional groups attached to an aromatic ring is 1. The lowest BCUT2D eigenvalue weighted by Crippen LogP contribution is -2.49. The molecule has 0 aliphatic carbocycles. The molecule has 0 unspecified atom stereocenters. The summed E-state index contributed by atoms with van der Waals surface area (Å²) in [5.74, 6) is 0. The topological polar surface area (TPSA) is 93.6 Å². The van der Waals surface area contributed by atoms with Gasteiger partial charge in [-0.2, -0.15) is 0 Å². The van der Waals surface area contributed by atoms with Crippen LogP contribution in [0.4, 0.5) is 16.2 Å². The number of amides is 1. The Hall–Kier alpha value is -2.99. The fourth-order valence-corrected chi connectivity index (χ4v) is 3.91. The number of nitrogens with two attached hydrogens (primary N) is 2. The number of para-hydroxylation sites is 1. The van der Waals surface area contributed by atoms with Crippen molar-refractivity contribution in [3.05, 3.63) is 60.8 Å². The summed E-state index contributed by atoms with van der Waals surface area (Å²) >= 11 is 0. The molecule has 1 heterocycles. The van der Waals surface area contributed by atoms with Crippen molar-refractivity contribution in [1.29, 1.82) is 0 Å². The standard InChI is InChI=1S/C25H34N4O2/c1-18(25(17-26)13-15-29(16-14-25)23(30)31-24(2,3)4)28-21-12-8-11-20(22(21)27)19-9-6-5-7-10-19/h5-12,28H,1,13-17,26-27H2,2-4H3. The molecular weight excluding hydrogens is 388 g/mol. The Kier molecular flexibility index (Phi) is 6.60. The molecule has 2 aromatic carbocycles. The summed E-state index contributed by atoms with van der Waals surface area (Å²) in [6.45, 7) is 11.5. The minimum Gasteiger partial charge on any atom is -0.444 e. The lowest BCUT2D eigenvalue weighted by molar-refractivity contribution is 0.0141. The Balaban J connectivity index is 1.72. The van der Waals surface area contributed by atoms with E-state index in [-0.39, 0.29) is 11.5 Å². The molecule has 5 N–H and O–H groups in total. The van der Waals surface area contributed by atoms with Crippen LogP contribution in [0.2, 0.25) is 0 Å². The number of piperidine rings is 1. The average Bonchev–Trinajstić information content (AvgIpc) is 2.74. The Morgan fingerprint density at radius 2 is 1.77 bits per heavy atom. The van der Waals surface area contributed by atoms with Gasteiger partial charge >= 0.3 is 6.09 Å². The zero-order chi connectivity index (χ0) is 22.6. The first-order valence-corrected chi connectivity index (χ1v) is 10.7. The molecule has 1 saturated heterocycles. The minimum atomic E-state index is -0.508. The van der Waals surface area contributed by atoms with Crippen molar-refractivity contribution in [2.75, 3.05) is 30.7 Å². The summed E-state index contributed by atoms with van der Waals surface area (Å²) < 4.78 is 5.51. The second-order valence-electron chi connectivity index (χ2n) is 9.19. The van der Waals surface area contributed by atoms with Gasteiger partial charge in [-0.05, 0) is 45.2 Å². The van der Waals surface area contributed by atoms with E-state index in [1.54, 1.807) is 4.90 Å². The SMILES string of the molecule is C=C(Nc1cccc(-c2ccccc2)c1N)C1(CN)CCN(C(=O)OC(C)(C)C)CC1. The third kappa shape index (κ3) is 5.20. The van der Waals surface area contributed by atoms with E-state index in [1.807, 2.05) is 69.3 Å². The van der Waals surface area contributed by atoms with Crippen LogP contribution in [0.1, 0.15) is 33.6 Å². The number of carbonyl (C=O) groups is 1. The normalized spacial score (nSPS) is 15.9. The van der Waals surface area contributed by atoms with Crippen LogP contribution in [-0.2, 0) is 4.74 Å². The molecule has 0 aromatic heterocycles. The molecule has 0 radical (unpaired) electrons. The van der Waals surface area contributed by atoms with Crippen molar-refractivity contribution in [1.82, 2.24) is 4.90 Å². The molecule has 6 nitrogen and oxygen atoms in total. The summed E-state index contributed by atoms with van der Waals surface area (Å²) in [4.78, 5) is 14.2. The lowest BCUT2D eigenvalue weighted by atomic mass is 9.76. The molecule has 1 fully saturated rings. The number of anilines is 2. The molecule has 0 spiro atoms. The smallest absolute Gasteiger partial charge is 0.410 e. The van der Waals surface area contributed by atoms with Crippen LogP contribution in [0.25, 0.3) is 11.1 Å². The monoisotopic (exact) mass is 422 g/mol. The van der Waals surface area contributed by atoms with Gasteiger partial charge in [-0.1, -0.05) is 49.0 Å². The van der Waals surface area contributed by atoms with Gasteiger partial charge in [-0.25, -0.2) is 4.79 Å². The van der Waals surface area contributed by atoms with E-state index < -0.39 is 5.60 Å². The molecule has 31 heavy (non-hydrogen) atoms. The molecule has 166 valence electrons. The highest BCUT2D eigenvalue weighted by molar-refractivity contribution is 5.86. The summed E-state index contributed by atoms with van der Waals surface area (Å²) in [6.07, 6.45) is 1.15. The number of nitrogens with one attached hydrogen (secondary N) is 1. The molecule has 1 aliphatic rings. The molecule has 1 amide bonds. The van der Waals surface area contributed by atoms with Crippen molar-refractivity contribution in [3.8, 4) is 11.1 Å². The van der Waals surface area contributed by atoms with E-state index >= 15 is 0 Å². The second-order valence-corrected chi connectivity index (χ2v) is 9.19. The third-order valence-electron chi connectivity index (χ3n) is 5.88. The van der Waals surface area contributed by atoms with E-state index in [4.69, 9.17) is 16.2 Å². The molecule has 6 heteroatoms. The van der Waals surface area contributed by atoms with Gasteiger partial charge in [0.2, 0.25) is 0 Å². The van der Waals surface area contributed by atoms with Gasteiger partial charge in [0.05, 0.1) is 11.4 Å². The molecule has 0 saturated carbocycles. The van der Waals surface area contributed by atoms with E-state index in [0.29, 0.717) is 38.2 Å². The van der Waals surface area contributed by atoms with Gasteiger partial charge in [-0.15, -0.1) is 0 Å². The van der Waals surface area contributed by atoms with E-state index in [0.717, 1.165) is 22.5 Å². The van der Waals surface area contributed by atoms with Crippen LogP contribution in [-0.4, -0.2) is 36.2 Å². The van der Waals surface area contributed by atoms with Crippen LogP contribution < -0.4 is 16.8 Å². The van der Waals surface area contributed by atoms with Crippen molar-refractivity contribution >= 4 is 17.5 Å². The highest BCUT2D eigenvalue weighted by atomic mass is 16.6. The fraction of sp³-hybridized carbons (Fsp3) is 0.400. The lowest BCUT2D eigenvalue weighted by Gasteiger charge is -2.42. The zero-order valence-corrected chi connectivity index (χ0v) is 18.8. The summed E-state index contributed by atoms with van der Waals surface area (Å²) in [5, 5.41) is 3.43. The molecule has 0 bridgehead atoms. The van der Waals surface area contributed by atoms with E-state index in [2.05, 4.69) is 11.9 Å². The van der Waals surface area contributed by atoms with E-state index in [1.165, 1.54) is 0 Å². The highest BCUT2D eigenvalue weighted by Crippen LogP contribution is 2.40. The fourth-order valence-electron chi connectivity index (χ4n) is 3.91. The Morgan fingerprint density at radius 3 is 2.35 bits per heavy atom. The molecule has 2 aromatic rings. The largest absolute Gasteiger partial charge is 0.444 e. The highest BCUT2D eigenvalue weighted by Gasteiger charge is 2.38. The van der Waals surface area contributed by atoms with E-state index in [9.17, 15) is 4.79 Å². The van der Waals surface area contributed by atoms with Crippen LogP contribution >= 0.6 is 0 Å². The molecule has 1 aliphatic heterocycles. The quantitative estimate of drug-likeness (QED) is 0.600. The van der Waals surface area contributed by atoms with Gasteiger partial charge in [0.25, 0.3) is 0 Å². The van der Waals surface area contributed by atoms with Crippen LogP contribution in [0, 0.1) is 5.41 Å². The summed E-state index contributed by atoms with van der Waals surface area (Å²) in [7, 11) is 0. The number of nitrogens with zero attached hydrogens (tertiary/aromatic N) is 1. The Morgan fingerprint density at radius 1 is 1.13 bits per heavy atom. The first-order valence-electron chi connectivity index (χ1n) is 10.7. The molecule has 3 rings (SSSR count). The maximum Gasteiger partial charge on any atom is 0.410 e. The second kappa shape index (κ2) is 9.02. The number of likely N-dealkylation sites (tertiary alicyclic amines) is 1. The predicted octanol–water partition coefficient (Wildman–Crippen LogP) is 4.84. The molecule has 0 atom stereocenters. The summed E-state index contributed by atoms with van der Waals surface area (Å²) in [6, 6.07) is 16.0. The number of hydrogen-bond donors (Lipinski definition) is 3. The first kappa shape index (κ1) is 22.7. The van der Waals surface area contributed by atoms with Crippen molar-refractivity contribution in [2.24, 2.45) is 11.1 Å². The van der Waals surface area contributed by atoms with Crippen molar-refractivity contribution in [3.63, 3.8) is 0 Å². The third-order valence-corrected chi connectivity index (χ3v) is 5.88. The van der Waals surface area contributed by atoms with Crippen LogP contribution in [0.3, 0.4) is 0 Å².